The van der Waals surface area contributed by atoms with Gasteiger partial charge < -0.3 is 10.3 Å². The van der Waals surface area contributed by atoms with E-state index < -0.39 is 0 Å². The molecule has 0 fully saturated rings. The maximum absolute atomic E-state index is 11.5. The molecule has 0 atom stereocenters. The zero-order valence-electron chi connectivity index (χ0n) is 8.43. The molecular weight excluding hydrogens is 208 g/mol. The van der Waals surface area contributed by atoms with Crippen LogP contribution in [0.1, 0.15) is 10.4 Å². The van der Waals surface area contributed by atoms with Gasteiger partial charge in [0.25, 0.3) is 5.56 Å². The van der Waals surface area contributed by atoms with E-state index in [1.165, 1.54) is 10.9 Å². The summed E-state index contributed by atoms with van der Waals surface area (Å²) in [6, 6.07) is 5.20. The minimum Gasteiger partial charge on any atom is -0.398 e. The van der Waals surface area contributed by atoms with Crippen molar-refractivity contribution in [1.82, 2.24) is 4.57 Å². The van der Waals surface area contributed by atoms with Gasteiger partial charge in [-0.25, -0.2) is 0 Å². The normalized spacial score (nSPS) is 10.5. The number of hydrogen-bond acceptors (Lipinski definition) is 3. The molecule has 15 heavy (non-hydrogen) atoms. The highest BCUT2D eigenvalue weighted by molar-refractivity contribution is 7.10. The summed E-state index contributed by atoms with van der Waals surface area (Å²) in [5.74, 6) is 0. The molecule has 2 aromatic heterocycles. The molecule has 0 aromatic carbocycles. The lowest BCUT2D eigenvalue weighted by atomic mass is 10.3. The molecule has 0 aliphatic rings. The summed E-state index contributed by atoms with van der Waals surface area (Å²) >= 11 is 1.69. The van der Waals surface area contributed by atoms with Crippen LogP contribution in [-0.2, 0) is 6.54 Å². The van der Waals surface area contributed by atoms with Crippen molar-refractivity contribution in [2.24, 2.45) is 0 Å². The van der Waals surface area contributed by atoms with E-state index in [2.05, 4.69) is 18.4 Å². The standard InChI is InChI=1S/C11H12N2OS/c1-8-4-9(7-15-8)5-13-6-10(12)2-3-11(13)14/h2-4,6-7H,5,12H2,1H3. The molecule has 2 rings (SSSR count). The number of aromatic nitrogens is 1. The molecule has 2 aromatic rings. The third kappa shape index (κ3) is 2.27. The third-order valence-corrected chi connectivity index (χ3v) is 3.05. The predicted octanol–water partition coefficient (Wildman–Crippen LogP) is 1.85. The van der Waals surface area contributed by atoms with Crippen LogP contribution in [0.4, 0.5) is 5.69 Å². The summed E-state index contributed by atoms with van der Waals surface area (Å²) < 4.78 is 1.62. The average Bonchev–Trinajstić information content (AvgIpc) is 2.58. The maximum atomic E-state index is 11.5. The quantitative estimate of drug-likeness (QED) is 0.839. The average molecular weight is 220 g/mol. The van der Waals surface area contributed by atoms with Crippen molar-refractivity contribution in [3.8, 4) is 0 Å². The van der Waals surface area contributed by atoms with Crippen LogP contribution in [0.2, 0.25) is 0 Å². The maximum Gasteiger partial charge on any atom is 0.250 e. The van der Waals surface area contributed by atoms with Gasteiger partial charge >= 0.3 is 0 Å². The van der Waals surface area contributed by atoms with Gasteiger partial charge in [0.05, 0.1) is 6.54 Å². The molecular formula is C11H12N2OS. The smallest absolute Gasteiger partial charge is 0.250 e. The largest absolute Gasteiger partial charge is 0.398 e. The molecule has 78 valence electrons. The fourth-order valence-electron chi connectivity index (χ4n) is 1.45. The molecule has 0 amide bonds. The number of rotatable bonds is 2. The van der Waals surface area contributed by atoms with Crippen LogP contribution in [0.25, 0.3) is 0 Å². The first-order valence-electron chi connectivity index (χ1n) is 4.65. The summed E-state index contributed by atoms with van der Waals surface area (Å²) in [4.78, 5) is 12.7. The van der Waals surface area contributed by atoms with Crippen molar-refractivity contribution in [1.29, 1.82) is 0 Å². The SMILES string of the molecule is Cc1cc(Cn2cc(N)ccc2=O)cs1. The first-order valence-corrected chi connectivity index (χ1v) is 5.53. The predicted molar refractivity (Wildman–Crippen MR) is 63.3 cm³/mol. The molecule has 3 nitrogen and oxygen atoms in total. The van der Waals surface area contributed by atoms with Crippen molar-refractivity contribution in [2.75, 3.05) is 5.73 Å². The molecule has 0 radical (unpaired) electrons. The molecule has 4 heteroatoms. The monoisotopic (exact) mass is 220 g/mol. The van der Waals surface area contributed by atoms with Gasteiger partial charge in [-0.3, -0.25) is 4.79 Å². The second-order valence-electron chi connectivity index (χ2n) is 3.49. The summed E-state index contributed by atoms with van der Waals surface area (Å²) in [6.07, 6.45) is 1.68. The van der Waals surface area contributed by atoms with Crippen LogP contribution in [0, 0.1) is 6.92 Å². The van der Waals surface area contributed by atoms with E-state index in [0.717, 1.165) is 5.56 Å². The highest BCUT2D eigenvalue weighted by atomic mass is 32.1. The van der Waals surface area contributed by atoms with E-state index in [4.69, 9.17) is 5.73 Å². The zero-order chi connectivity index (χ0) is 10.8. The molecule has 0 saturated heterocycles. The fourth-order valence-corrected chi connectivity index (χ4v) is 2.15. The Morgan fingerprint density at radius 2 is 2.27 bits per heavy atom. The van der Waals surface area contributed by atoms with Gasteiger partial charge in [0.2, 0.25) is 0 Å². The second-order valence-corrected chi connectivity index (χ2v) is 4.61. The fraction of sp³-hybridized carbons (Fsp3) is 0.182. The number of nitrogens with zero attached hydrogens (tertiary/aromatic N) is 1. The summed E-state index contributed by atoms with van der Waals surface area (Å²) in [5, 5.41) is 2.06. The molecule has 2 N–H and O–H groups in total. The van der Waals surface area contributed by atoms with E-state index in [9.17, 15) is 4.79 Å². The Hall–Kier alpha value is -1.55. The highest BCUT2D eigenvalue weighted by Crippen LogP contribution is 2.13. The van der Waals surface area contributed by atoms with Crippen LogP contribution < -0.4 is 11.3 Å². The summed E-state index contributed by atoms with van der Waals surface area (Å²) in [6.45, 7) is 2.64. The number of nitrogen functional groups attached to an aromatic ring is 1. The number of pyridine rings is 1. The molecule has 0 unspecified atom stereocenters. The number of hydrogen-bond donors (Lipinski definition) is 1. The molecule has 0 aliphatic carbocycles. The van der Waals surface area contributed by atoms with Gasteiger partial charge in [-0.05, 0) is 30.0 Å². The van der Waals surface area contributed by atoms with Gasteiger partial charge in [-0.2, -0.15) is 0 Å². The molecule has 0 aliphatic heterocycles. The number of anilines is 1. The third-order valence-electron chi connectivity index (χ3n) is 2.14. The highest BCUT2D eigenvalue weighted by Gasteiger charge is 2.00. The van der Waals surface area contributed by atoms with Crippen LogP contribution in [-0.4, -0.2) is 4.57 Å². The van der Waals surface area contributed by atoms with Crippen LogP contribution in [0.15, 0.2) is 34.6 Å². The molecule has 0 bridgehead atoms. The van der Waals surface area contributed by atoms with Crippen molar-refractivity contribution in [3.63, 3.8) is 0 Å². The van der Waals surface area contributed by atoms with Crippen LogP contribution in [0.5, 0.6) is 0 Å². The van der Waals surface area contributed by atoms with Crippen LogP contribution in [0.3, 0.4) is 0 Å². The van der Waals surface area contributed by atoms with Crippen molar-refractivity contribution < 1.29 is 0 Å². The zero-order valence-corrected chi connectivity index (χ0v) is 9.25. The van der Waals surface area contributed by atoms with E-state index in [-0.39, 0.29) is 5.56 Å². The lowest BCUT2D eigenvalue weighted by Crippen LogP contribution is -2.19. The minimum atomic E-state index is -0.0203. The van der Waals surface area contributed by atoms with Crippen molar-refractivity contribution in [2.45, 2.75) is 13.5 Å². The first-order chi connectivity index (χ1) is 7.15. The molecule has 0 spiro atoms. The van der Waals surface area contributed by atoms with Gasteiger partial charge in [0.1, 0.15) is 0 Å². The topological polar surface area (TPSA) is 48.0 Å². The Labute approximate surface area is 91.8 Å². The van der Waals surface area contributed by atoms with Gasteiger partial charge in [-0.15, -0.1) is 11.3 Å². The Balaban J connectivity index is 2.31. The Kier molecular flexibility index (Phi) is 2.60. The summed E-state index contributed by atoms with van der Waals surface area (Å²) in [5.41, 5.74) is 7.37. The van der Waals surface area contributed by atoms with Gasteiger partial charge in [-0.1, -0.05) is 0 Å². The van der Waals surface area contributed by atoms with E-state index in [1.54, 1.807) is 28.2 Å². The first kappa shape index (κ1) is 9.98. The summed E-state index contributed by atoms with van der Waals surface area (Å²) in [7, 11) is 0. The molecule has 2 heterocycles. The molecule has 0 saturated carbocycles. The lowest BCUT2D eigenvalue weighted by Gasteiger charge is -2.04. The Morgan fingerprint density at radius 1 is 1.47 bits per heavy atom. The minimum absolute atomic E-state index is 0.0203. The Bertz CT molecular complexity index is 527. The number of thiophene rings is 1. The lowest BCUT2D eigenvalue weighted by molar-refractivity contribution is 0.763. The van der Waals surface area contributed by atoms with Crippen molar-refractivity contribution >= 4 is 17.0 Å². The van der Waals surface area contributed by atoms with E-state index in [1.807, 2.05) is 0 Å². The second kappa shape index (κ2) is 3.90. The van der Waals surface area contributed by atoms with Crippen molar-refractivity contribution in [3.05, 3.63) is 50.6 Å². The van der Waals surface area contributed by atoms with E-state index in [0.29, 0.717) is 12.2 Å². The van der Waals surface area contributed by atoms with Gasteiger partial charge in [0, 0.05) is 22.8 Å². The number of nitrogens with two attached hydrogens (primary N) is 1. The number of aryl methyl sites for hydroxylation is 1. The van der Waals surface area contributed by atoms with Gasteiger partial charge in [0.15, 0.2) is 0 Å². The van der Waals surface area contributed by atoms with Crippen LogP contribution >= 0.6 is 11.3 Å². The van der Waals surface area contributed by atoms with E-state index >= 15 is 0 Å². The Morgan fingerprint density at radius 3 is 2.93 bits per heavy atom.